The second-order valence-electron chi connectivity index (χ2n) is 7.85. The molecule has 0 bridgehead atoms. The van der Waals surface area contributed by atoms with Crippen molar-refractivity contribution in [3.8, 4) is 0 Å². The van der Waals surface area contributed by atoms with Gasteiger partial charge in [-0.2, -0.15) is 0 Å². The van der Waals surface area contributed by atoms with E-state index in [0.717, 1.165) is 19.3 Å². The Balaban J connectivity index is 2.76. The van der Waals surface area contributed by atoms with Crippen LogP contribution in [0.5, 0.6) is 0 Å². The molecule has 0 amide bonds. The number of hydrogen-bond acceptors (Lipinski definition) is 2. The minimum atomic E-state index is -0.390. The fourth-order valence-corrected chi connectivity index (χ4v) is 2.98. The van der Waals surface area contributed by atoms with Gasteiger partial charge in [0.15, 0.2) is 0 Å². The number of rotatable bonds is 4. The average molecular weight is 268 g/mol. The van der Waals surface area contributed by atoms with Gasteiger partial charge in [0.1, 0.15) is 6.10 Å². The molecule has 0 aliphatic heterocycles. The topological polar surface area (TPSA) is 26.3 Å². The zero-order valence-electron chi connectivity index (χ0n) is 13.7. The molecule has 0 radical (unpaired) electrons. The van der Waals surface area contributed by atoms with E-state index < -0.39 is 5.41 Å². The average Bonchev–Trinajstić information content (AvgIpc) is 2.27. The van der Waals surface area contributed by atoms with Crippen LogP contribution in [0.2, 0.25) is 0 Å². The lowest BCUT2D eigenvalue weighted by Gasteiger charge is -2.42. The Kier molecular flexibility index (Phi) is 5.46. The summed E-state index contributed by atoms with van der Waals surface area (Å²) >= 11 is 0. The first-order valence-corrected chi connectivity index (χ1v) is 7.88. The summed E-state index contributed by atoms with van der Waals surface area (Å²) in [6, 6.07) is 0. The van der Waals surface area contributed by atoms with Gasteiger partial charge in [-0.05, 0) is 50.4 Å². The van der Waals surface area contributed by atoms with Crippen molar-refractivity contribution in [2.75, 3.05) is 0 Å². The maximum atomic E-state index is 12.7. The van der Waals surface area contributed by atoms with Crippen LogP contribution in [0.15, 0.2) is 0 Å². The van der Waals surface area contributed by atoms with Gasteiger partial charge in [0.2, 0.25) is 0 Å². The largest absolute Gasteiger partial charge is 0.462 e. The van der Waals surface area contributed by atoms with Crippen molar-refractivity contribution in [1.82, 2.24) is 0 Å². The highest BCUT2D eigenvalue weighted by Gasteiger charge is 2.46. The van der Waals surface area contributed by atoms with Crippen molar-refractivity contribution in [1.29, 1.82) is 0 Å². The normalized spacial score (nSPS) is 21.2. The van der Waals surface area contributed by atoms with Crippen molar-refractivity contribution < 1.29 is 9.53 Å². The summed E-state index contributed by atoms with van der Waals surface area (Å²) in [5.74, 6) is 0.517. The van der Waals surface area contributed by atoms with Gasteiger partial charge in [0, 0.05) is 0 Å². The van der Waals surface area contributed by atoms with E-state index in [0.29, 0.717) is 5.92 Å². The molecule has 19 heavy (non-hydrogen) atoms. The molecule has 112 valence electrons. The van der Waals surface area contributed by atoms with E-state index in [-0.39, 0.29) is 17.5 Å². The summed E-state index contributed by atoms with van der Waals surface area (Å²) in [6.07, 6.45) is 6.85. The molecule has 0 N–H and O–H groups in total. The molecular formula is C17H32O2. The van der Waals surface area contributed by atoms with Gasteiger partial charge in [-0.3, -0.25) is 4.79 Å². The Morgan fingerprint density at radius 1 is 1.11 bits per heavy atom. The highest BCUT2D eigenvalue weighted by atomic mass is 16.5. The fraction of sp³-hybridized carbons (Fsp3) is 0.941. The first kappa shape index (κ1) is 16.5. The van der Waals surface area contributed by atoms with Crippen molar-refractivity contribution in [2.24, 2.45) is 16.7 Å². The molecule has 2 nitrogen and oxygen atoms in total. The number of carbonyl (C=O) groups excluding carboxylic acids is 1. The molecule has 0 unspecified atom stereocenters. The minimum Gasteiger partial charge on any atom is -0.462 e. The lowest BCUT2D eigenvalue weighted by Crippen LogP contribution is -2.44. The van der Waals surface area contributed by atoms with E-state index >= 15 is 0 Å². The van der Waals surface area contributed by atoms with Gasteiger partial charge < -0.3 is 4.74 Å². The molecular weight excluding hydrogens is 236 g/mol. The number of ether oxygens (including phenoxy) is 1. The molecule has 0 heterocycles. The third-order valence-corrected chi connectivity index (χ3v) is 4.75. The predicted molar refractivity (Wildman–Crippen MR) is 80.0 cm³/mol. The number of hydrogen-bond donors (Lipinski definition) is 0. The molecule has 0 spiro atoms. The Morgan fingerprint density at radius 3 is 2.05 bits per heavy atom. The van der Waals surface area contributed by atoms with Crippen molar-refractivity contribution >= 4 is 5.97 Å². The fourth-order valence-electron chi connectivity index (χ4n) is 2.98. The van der Waals surface area contributed by atoms with Crippen LogP contribution in [-0.2, 0) is 9.53 Å². The summed E-state index contributed by atoms with van der Waals surface area (Å²) in [6.45, 7) is 12.9. The van der Waals surface area contributed by atoms with Gasteiger partial charge in [-0.15, -0.1) is 0 Å². The van der Waals surface area contributed by atoms with Crippen LogP contribution >= 0.6 is 0 Å². The molecule has 1 rings (SSSR count). The Morgan fingerprint density at radius 2 is 1.63 bits per heavy atom. The lowest BCUT2D eigenvalue weighted by molar-refractivity contribution is -0.170. The summed E-state index contributed by atoms with van der Waals surface area (Å²) in [4.78, 5) is 12.7. The Labute approximate surface area is 119 Å². The molecule has 0 aromatic heterocycles. The zero-order valence-corrected chi connectivity index (χ0v) is 13.7. The molecule has 0 aromatic carbocycles. The zero-order chi connectivity index (χ0) is 14.7. The van der Waals surface area contributed by atoms with Gasteiger partial charge in [-0.25, -0.2) is 0 Å². The monoisotopic (exact) mass is 268 g/mol. The standard InChI is InChI=1S/C17H32O2/c1-13(2)12-17(6,16(3,4)5)15(18)19-14-10-8-7-9-11-14/h13-14H,7-12H2,1-6H3/t17-/m0/s1. The Bertz CT molecular complexity index is 295. The van der Waals surface area contributed by atoms with Crippen LogP contribution in [0.4, 0.5) is 0 Å². The molecule has 0 saturated heterocycles. The highest BCUT2D eigenvalue weighted by molar-refractivity contribution is 5.77. The third-order valence-electron chi connectivity index (χ3n) is 4.75. The molecule has 1 saturated carbocycles. The maximum Gasteiger partial charge on any atom is 0.312 e. The van der Waals surface area contributed by atoms with E-state index in [1.807, 2.05) is 0 Å². The van der Waals surface area contributed by atoms with Gasteiger partial charge in [-0.1, -0.05) is 41.0 Å². The first-order valence-electron chi connectivity index (χ1n) is 7.88. The van der Waals surface area contributed by atoms with Crippen molar-refractivity contribution in [2.45, 2.75) is 86.2 Å². The quantitative estimate of drug-likeness (QED) is 0.673. The van der Waals surface area contributed by atoms with Crippen LogP contribution in [0, 0.1) is 16.7 Å². The molecule has 1 aliphatic rings. The second kappa shape index (κ2) is 6.28. The van der Waals surface area contributed by atoms with Gasteiger partial charge >= 0.3 is 5.97 Å². The third kappa shape index (κ3) is 4.22. The minimum absolute atomic E-state index is 0.0144. The second-order valence-corrected chi connectivity index (χ2v) is 7.85. The molecule has 0 aromatic rings. The summed E-state index contributed by atoms with van der Waals surface area (Å²) in [5, 5.41) is 0. The molecule has 1 atom stereocenters. The Hall–Kier alpha value is -0.530. The van der Waals surface area contributed by atoms with Crippen LogP contribution in [-0.4, -0.2) is 12.1 Å². The van der Waals surface area contributed by atoms with Gasteiger partial charge in [0.25, 0.3) is 0 Å². The number of esters is 1. The van der Waals surface area contributed by atoms with Crippen LogP contribution in [0.25, 0.3) is 0 Å². The highest BCUT2D eigenvalue weighted by Crippen LogP contribution is 2.45. The van der Waals surface area contributed by atoms with E-state index in [4.69, 9.17) is 4.74 Å². The van der Waals surface area contributed by atoms with Crippen molar-refractivity contribution in [3.05, 3.63) is 0 Å². The first-order chi connectivity index (χ1) is 8.67. The van der Waals surface area contributed by atoms with Crippen LogP contribution in [0.1, 0.15) is 80.1 Å². The van der Waals surface area contributed by atoms with E-state index in [1.54, 1.807) is 0 Å². The lowest BCUT2D eigenvalue weighted by atomic mass is 9.64. The smallest absolute Gasteiger partial charge is 0.312 e. The van der Waals surface area contributed by atoms with E-state index in [1.165, 1.54) is 19.3 Å². The SMILES string of the molecule is CC(C)C[C@@](C)(C(=O)OC1CCCCC1)C(C)(C)C. The molecule has 1 aliphatic carbocycles. The van der Waals surface area contributed by atoms with Crippen LogP contribution < -0.4 is 0 Å². The number of carbonyl (C=O) groups is 1. The van der Waals surface area contributed by atoms with E-state index in [9.17, 15) is 4.79 Å². The summed E-state index contributed by atoms with van der Waals surface area (Å²) < 4.78 is 5.84. The van der Waals surface area contributed by atoms with Crippen LogP contribution in [0.3, 0.4) is 0 Å². The van der Waals surface area contributed by atoms with E-state index in [2.05, 4.69) is 41.5 Å². The molecule has 2 heteroatoms. The maximum absolute atomic E-state index is 12.7. The predicted octanol–water partition coefficient (Wildman–Crippen LogP) is 4.96. The summed E-state index contributed by atoms with van der Waals surface area (Å²) in [7, 11) is 0. The summed E-state index contributed by atoms with van der Waals surface area (Å²) in [5.41, 5.74) is -0.457. The molecule has 1 fully saturated rings. The van der Waals surface area contributed by atoms with Gasteiger partial charge in [0.05, 0.1) is 5.41 Å². The van der Waals surface area contributed by atoms with Crippen molar-refractivity contribution in [3.63, 3.8) is 0 Å².